The molecule has 1 aliphatic heterocycles. The molecule has 0 bridgehead atoms. The van der Waals surface area contributed by atoms with Crippen LogP contribution in [-0.4, -0.2) is 27.4 Å². The molecule has 1 spiro atoms. The number of hydrogen-bond donors (Lipinski definition) is 3. The zero-order valence-electron chi connectivity index (χ0n) is 7.78. The van der Waals surface area contributed by atoms with E-state index in [9.17, 15) is 9.59 Å². The molecule has 0 atom stereocenters. The van der Waals surface area contributed by atoms with Crippen molar-refractivity contribution in [3.8, 4) is 0 Å². The number of imide groups is 1. The van der Waals surface area contributed by atoms with Gasteiger partial charge in [-0.25, -0.2) is 14.7 Å². The first-order valence-corrected chi connectivity index (χ1v) is 4.60. The number of amides is 3. The summed E-state index contributed by atoms with van der Waals surface area (Å²) in [7, 11) is 0. The summed E-state index contributed by atoms with van der Waals surface area (Å²) in [5, 5.41) is 2.65. The topological polar surface area (TPSA) is 104 Å². The SMILES string of the molecule is Nc1[nH]cnc1N1C(=O)NC2(CC2)C1=O. The molecular weight excluding hydrogens is 198 g/mol. The molecule has 2 fully saturated rings. The van der Waals surface area contributed by atoms with Crippen molar-refractivity contribution in [2.45, 2.75) is 18.4 Å². The Balaban J connectivity index is 2.04. The Bertz CT molecular complexity index is 461. The predicted molar refractivity (Wildman–Crippen MR) is 51.0 cm³/mol. The van der Waals surface area contributed by atoms with Crippen molar-refractivity contribution >= 4 is 23.6 Å². The number of nitrogens with zero attached hydrogens (tertiary/aromatic N) is 2. The number of carbonyl (C=O) groups excluding carboxylic acids is 2. The highest BCUT2D eigenvalue weighted by Gasteiger charge is 2.60. The van der Waals surface area contributed by atoms with Crippen molar-refractivity contribution in [1.29, 1.82) is 0 Å². The number of hydrogen-bond acceptors (Lipinski definition) is 4. The molecule has 0 radical (unpaired) electrons. The average Bonchev–Trinajstić information content (AvgIpc) is 2.78. The van der Waals surface area contributed by atoms with E-state index in [1.807, 2.05) is 0 Å². The van der Waals surface area contributed by atoms with Gasteiger partial charge in [-0.15, -0.1) is 0 Å². The van der Waals surface area contributed by atoms with Crippen LogP contribution in [0.25, 0.3) is 0 Å². The Labute approximate surface area is 84.6 Å². The molecule has 78 valence electrons. The van der Waals surface area contributed by atoms with Gasteiger partial charge in [0.25, 0.3) is 5.91 Å². The Hall–Kier alpha value is -2.05. The van der Waals surface area contributed by atoms with E-state index in [0.717, 1.165) is 4.90 Å². The summed E-state index contributed by atoms with van der Waals surface area (Å²) < 4.78 is 0. The number of nitrogens with one attached hydrogen (secondary N) is 2. The number of aromatic nitrogens is 2. The summed E-state index contributed by atoms with van der Waals surface area (Å²) in [6.45, 7) is 0. The zero-order chi connectivity index (χ0) is 10.6. The molecule has 7 heteroatoms. The molecule has 1 aliphatic carbocycles. The molecule has 1 saturated carbocycles. The Morgan fingerprint density at radius 2 is 2.20 bits per heavy atom. The number of aromatic amines is 1. The van der Waals surface area contributed by atoms with Crippen LogP contribution >= 0.6 is 0 Å². The minimum Gasteiger partial charge on any atom is -0.382 e. The van der Waals surface area contributed by atoms with E-state index in [1.165, 1.54) is 6.33 Å². The van der Waals surface area contributed by atoms with E-state index in [2.05, 4.69) is 15.3 Å². The summed E-state index contributed by atoms with van der Waals surface area (Å²) in [5.74, 6) is 0.142. The zero-order valence-corrected chi connectivity index (χ0v) is 7.78. The maximum Gasteiger partial charge on any atom is 0.331 e. The highest BCUT2D eigenvalue weighted by Crippen LogP contribution is 2.42. The summed E-state index contributed by atoms with van der Waals surface area (Å²) in [6.07, 6.45) is 2.74. The lowest BCUT2D eigenvalue weighted by Crippen LogP contribution is -2.33. The van der Waals surface area contributed by atoms with E-state index < -0.39 is 11.6 Å². The van der Waals surface area contributed by atoms with Crippen LogP contribution < -0.4 is 16.0 Å². The smallest absolute Gasteiger partial charge is 0.331 e. The van der Waals surface area contributed by atoms with Crippen LogP contribution in [0.5, 0.6) is 0 Å². The van der Waals surface area contributed by atoms with E-state index in [0.29, 0.717) is 12.8 Å². The quantitative estimate of drug-likeness (QED) is 0.544. The number of imidazole rings is 1. The van der Waals surface area contributed by atoms with Crippen molar-refractivity contribution in [3.05, 3.63) is 6.33 Å². The summed E-state index contributed by atoms with van der Waals surface area (Å²) in [5.41, 5.74) is 4.90. The molecular formula is C8H9N5O2. The summed E-state index contributed by atoms with van der Waals surface area (Å²) >= 11 is 0. The van der Waals surface area contributed by atoms with Crippen molar-refractivity contribution in [2.24, 2.45) is 0 Å². The van der Waals surface area contributed by atoms with Gasteiger partial charge in [0.2, 0.25) is 0 Å². The van der Waals surface area contributed by atoms with Gasteiger partial charge in [0.05, 0.1) is 6.33 Å². The molecule has 1 aromatic rings. The fourth-order valence-electron chi connectivity index (χ4n) is 1.75. The van der Waals surface area contributed by atoms with Gasteiger partial charge in [0.1, 0.15) is 11.4 Å². The van der Waals surface area contributed by atoms with Crippen molar-refractivity contribution in [2.75, 3.05) is 10.6 Å². The predicted octanol–water partition coefficient (Wildman–Crippen LogP) is -0.419. The van der Waals surface area contributed by atoms with Gasteiger partial charge >= 0.3 is 6.03 Å². The second-order valence-corrected chi connectivity index (χ2v) is 3.79. The average molecular weight is 207 g/mol. The Morgan fingerprint density at radius 3 is 2.67 bits per heavy atom. The highest BCUT2D eigenvalue weighted by atomic mass is 16.2. The van der Waals surface area contributed by atoms with Gasteiger partial charge in [-0.3, -0.25) is 4.79 Å². The molecule has 0 unspecified atom stereocenters. The van der Waals surface area contributed by atoms with E-state index in [-0.39, 0.29) is 17.5 Å². The summed E-state index contributed by atoms with van der Waals surface area (Å²) in [6, 6.07) is -0.448. The maximum atomic E-state index is 11.9. The molecule has 3 rings (SSSR count). The summed E-state index contributed by atoms with van der Waals surface area (Å²) in [4.78, 5) is 30.9. The second kappa shape index (κ2) is 2.30. The molecule has 15 heavy (non-hydrogen) atoms. The second-order valence-electron chi connectivity index (χ2n) is 3.79. The number of anilines is 2. The third kappa shape index (κ3) is 0.915. The van der Waals surface area contributed by atoms with Crippen LogP contribution in [0, 0.1) is 0 Å². The lowest BCUT2D eigenvalue weighted by Gasteiger charge is -2.09. The first-order chi connectivity index (χ1) is 7.14. The number of H-pyrrole nitrogens is 1. The molecule has 1 saturated heterocycles. The molecule has 4 N–H and O–H groups in total. The van der Waals surface area contributed by atoms with E-state index in [1.54, 1.807) is 0 Å². The Morgan fingerprint density at radius 1 is 1.47 bits per heavy atom. The van der Waals surface area contributed by atoms with Gasteiger partial charge < -0.3 is 16.0 Å². The van der Waals surface area contributed by atoms with Crippen LogP contribution in [0.1, 0.15) is 12.8 Å². The molecule has 2 aliphatic rings. The Kier molecular flexibility index (Phi) is 1.27. The van der Waals surface area contributed by atoms with Gasteiger partial charge in [0.15, 0.2) is 5.82 Å². The van der Waals surface area contributed by atoms with Crippen LogP contribution in [0.2, 0.25) is 0 Å². The van der Waals surface area contributed by atoms with Gasteiger partial charge in [0, 0.05) is 0 Å². The van der Waals surface area contributed by atoms with Crippen molar-refractivity contribution < 1.29 is 9.59 Å². The van der Waals surface area contributed by atoms with Gasteiger partial charge in [-0.2, -0.15) is 0 Å². The molecule has 3 amide bonds. The fourth-order valence-corrected chi connectivity index (χ4v) is 1.75. The lowest BCUT2D eigenvalue weighted by atomic mass is 10.3. The molecule has 7 nitrogen and oxygen atoms in total. The van der Waals surface area contributed by atoms with Crippen molar-refractivity contribution in [1.82, 2.24) is 15.3 Å². The largest absolute Gasteiger partial charge is 0.382 e. The molecule has 2 heterocycles. The fraction of sp³-hybridized carbons (Fsp3) is 0.375. The van der Waals surface area contributed by atoms with E-state index >= 15 is 0 Å². The van der Waals surface area contributed by atoms with Gasteiger partial charge in [-0.1, -0.05) is 0 Å². The minimum absolute atomic E-state index is 0.182. The maximum absolute atomic E-state index is 11.9. The van der Waals surface area contributed by atoms with Crippen LogP contribution in [0.3, 0.4) is 0 Å². The number of rotatable bonds is 1. The van der Waals surface area contributed by atoms with Gasteiger partial charge in [-0.05, 0) is 12.8 Å². The van der Waals surface area contributed by atoms with Crippen LogP contribution in [-0.2, 0) is 4.79 Å². The number of urea groups is 1. The number of carbonyl (C=O) groups is 2. The monoisotopic (exact) mass is 207 g/mol. The first-order valence-electron chi connectivity index (χ1n) is 4.60. The third-order valence-electron chi connectivity index (χ3n) is 2.77. The number of nitrogens with two attached hydrogens (primary N) is 1. The first kappa shape index (κ1) is 8.27. The lowest BCUT2D eigenvalue weighted by molar-refractivity contribution is -0.119. The third-order valence-corrected chi connectivity index (χ3v) is 2.77. The standard InChI is InChI=1S/C8H9N5O2/c9-4-5(11-3-10-4)13-6(14)8(1-2-8)12-7(13)15/h3H,1-2,9H2,(H,10,11)(H,12,15). The minimum atomic E-state index is -0.664. The normalized spacial score (nSPS) is 22.3. The van der Waals surface area contributed by atoms with Crippen LogP contribution in [0.4, 0.5) is 16.4 Å². The van der Waals surface area contributed by atoms with Crippen LogP contribution in [0.15, 0.2) is 6.33 Å². The van der Waals surface area contributed by atoms with Crippen molar-refractivity contribution in [3.63, 3.8) is 0 Å². The highest BCUT2D eigenvalue weighted by molar-refractivity contribution is 6.24. The molecule has 1 aromatic heterocycles. The van der Waals surface area contributed by atoms with E-state index in [4.69, 9.17) is 5.73 Å². The number of nitrogen functional groups attached to an aromatic ring is 1. The molecule has 0 aromatic carbocycles.